The second kappa shape index (κ2) is 106. The van der Waals surface area contributed by atoms with Gasteiger partial charge in [-0.3, -0.25) is 32.5 Å². The number of unbranched alkanes of at least 4 members (excludes halogenated alkanes) is 49. The highest BCUT2D eigenvalue weighted by Gasteiger charge is 2.30. The van der Waals surface area contributed by atoms with Crippen LogP contribution >= 0.6 is 15.6 Å². The Bertz CT molecular complexity index is 3150. The van der Waals surface area contributed by atoms with Gasteiger partial charge in [-0.05, 0) is 161 Å². The van der Waals surface area contributed by atoms with Crippen LogP contribution in [0.1, 0.15) is 470 Å². The first-order chi connectivity index (χ1) is 65.2. The largest absolute Gasteiger partial charge is 0.472 e. The Labute approximate surface area is 815 Å². The molecule has 0 aliphatic carbocycles. The van der Waals surface area contributed by atoms with E-state index in [2.05, 4.69) is 203 Å². The molecule has 5 atom stereocenters. The number of phosphoric acid groups is 2. The third-order valence-corrected chi connectivity index (χ3v) is 25.0. The van der Waals surface area contributed by atoms with Crippen molar-refractivity contribution in [3.05, 3.63) is 182 Å². The third kappa shape index (κ3) is 107. The van der Waals surface area contributed by atoms with Crippen LogP contribution in [0.5, 0.6) is 0 Å². The van der Waals surface area contributed by atoms with Gasteiger partial charge in [-0.2, -0.15) is 0 Å². The fraction of sp³-hybridized carbons (Fsp3) is 0.713. The SMILES string of the molecule is CC/C=C\C/C=C\C/C=C\C/C=C\C/C=C\C/C=C\CCCCCCCCCCCCCCCCCCC(=O)OCC(O)COP(=O)(O)OCC(O)COP(=O)(O)OCC(COC(=O)CCCCCCCCCCCCCCCCCCC/C=C\C/C=C\C/C=C\C/C=C\C/C=C\CC)OC(=O)CCCCCCCCCCCCCCC/C=C\C/C=C\C/C=C\C/C=C\CCCCC. The Kier molecular flexibility index (Phi) is 101. The topological polar surface area (TPSA) is 231 Å². The van der Waals surface area contributed by atoms with Crippen LogP contribution in [-0.4, -0.2) is 95.9 Å². The molecule has 0 aromatic heterocycles. The van der Waals surface area contributed by atoms with Crippen LogP contribution in [0.15, 0.2) is 182 Å². The smallest absolute Gasteiger partial charge is 0.463 e. The summed E-state index contributed by atoms with van der Waals surface area (Å²) in [5.74, 6) is -1.55. The lowest BCUT2D eigenvalue weighted by atomic mass is 10.0. The van der Waals surface area contributed by atoms with Crippen molar-refractivity contribution < 1.29 is 75.8 Å². The maximum atomic E-state index is 13.2. The van der Waals surface area contributed by atoms with Crippen LogP contribution in [-0.2, 0) is 55.8 Å². The molecule has 18 heteroatoms. The Morgan fingerprint density at radius 1 is 0.218 bits per heavy atom. The molecule has 4 N–H and O–H groups in total. The van der Waals surface area contributed by atoms with Crippen LogP contribution in [0.2, 0.25) is 0 Å². The van der Waals surface area contributed by atoms with E-state index in [1.165, 1.54) is 250 Å². The molecule has 0 aromatic carbocycles. The summed E-state index contributed by atoms with van der Waals surface area (Å²) in [5.41, 5.74) is 0. The highest BCUT2D eigenvalue weighted by atomic mass is 31.2. The lowest BCUT2D eigenvalue weighted by molar-refractivity contribution is -0.161. The Balaban J connectivity index is 4.59. The monoisotopic (exact) mass is 1900 g/mol. The lowest BCUT2D eigenvalue weighted by Gasteiger charge is -2.21. The van der Waals surface area contributed by atoms with Crippen LogP contribution in [0.3, 0.4) is 0 Å². The van der Waals surface area contributed by atoms with Gasteiger partial charge in [0.15, 0.2) is 6.10 Å². The van der Waals surface area contributed by atoms with Crippen molar-refractivity contribution in [3.8, 4) is 0 Å². The molecular weight excluding hydrogens is 1700 g/mol. The average Bonchev–Trinajstić information content (AvgIpc) is 0.896. The number of aliphatic hydroxyl groups excluding tert-OH is 2. The summed E-state index contributed by atoms with van der Waals surface area (Å²) in [6, 6.07) is 0. The molecule has 764 valence electrons. The number of phosphoric ester groups is 2. The van der Waals surface area contributed by atoms with E-state index in [0.717, 1.165) is 161 Å². The zero-order valence-electron chi connectivity index (χ0n) is 84.9. The van der Waals surface area contributed by atoms with E-state index < -0.39 is 91.5 Å². The fourth-order valence-corrected chi connectivity index (χ4v) is 16.6. The van der Waals surface area contributed by atoms with Crippen molar-refractivity contribution in [1.82, 2.24) is 0 Å². The summed E-state index contributed by atoms with van der Waals surface area (Å²) in [4.78, 5) is 59.3. The summed E-state index contributed by atoms with van der Waals surface area (Å²) in [6.07, 6.45) is 141. The molecule has 0 fully saturated rings. The van der Waals surface area contributed by atoms with Crippen molar-refractivity contribution in [1.29, 1.82) is 0 Å². The fourth-order valence-electron chi connectivity index (χ4n) is 15.0. The van der Waals surface area contributed by atoms with Crippen molar-refractivity contribution in [2.24, 2.45) is 0 Å². The zero-order valence-corrected chi connectivity index (χ0v) is 86.7. The lowest BCUT2D eigenvalue weighted by Crippen LogP contribution is -2.30. The minimum atomic E-state index is -4.95. The van der Waals surface area contributed by atoms with E-state index in [0.29, 0.717) is 19.3 Å². The quantitative estimate of drug-likeness (QED) is 0.0146. The molecule has 0 heterocycles. The summed E-state index contributed by atoms with van der Waals surface area (Å²) in [5, 5.41) is 20.8. The van der Waals surface area contributed by atoms with Crippen molar-refractivity contribution in [2.75, 3.05) is 39.6 Å². The molecule has 133 heavy (non-hydrogen) atoms. The Morgan fingerprint density at radius 3 is 0.632 bits per heavy atom. The molecule has 0 bridgehead atoms. The summed E-state index contributed by atoms with van der Waals surface area (Å²) in [7, 11) is -9.82. The summed E-state index contributed by atoms with van der Waals surface area (Å²) >= 11 is 0. The van der Waals surface area contributed by atoms with E-state index in [9.17, 15) is 43.5 Å². The number of aliphatic hydroxyl groups is 2. The zero-order chi connectivity index (χ0) is 96.4. The van der Waals surface area contributed by atoms with Gasteiger partial charge in [0.05, 0.1) is 26.4 Å². The second-order valence-electron chi connectivity index (χ2n) is 36.0. The first-order valence-electron chi connectivity index (χ1n) is 54.1. The minimum Gasteiger partial charge on any atom is -0.463 e. The van der Waals surface area contributed by atoms with Crippen LogP contribution < -0.4 is 0 Å². The van der Waals surface area contributed by atoms with Gasteiger partial charge >= 0.3 is 33.6 Å². The molecule has 0 amide bonds. The van der Waals surface area contributed by atoms with Gasteiger partial charge in [-0.25, -0.2) is 9.13 Å². The Hall–Kier alpha value is -5.35. The van der Waals surface area contributed by atoms with Crippen molar-refractivity contribution in [3.63, 3.8) is 0 Å². The summed E-state index contributed by atoms with van der Waals surface area (Å²) in [6.45, 7) is 2.52. The van der Waals surface area contributed by atoms with E-state index >= 15 is 0 Å². The number of hydrogen-bond acceptors (Lipinski definition) is 14. The number of rotatable bonds is 102. The first-order valence-corrected chi connectivity index (χ1v) is 57.1. The minimum absolute atomic E-state index is 0.101. The van der Waals surface area contributed by atoms with Gasteiger partial charge < -0.3 is 34.2 Å². The van der Waals surface area contributed by atoms with Crippen LogP contribution in [0, 0.1) is 0 Å². The number of esters is 3. The van der Waals surface area contributed by atoms with Crippen molar-refractivity contribution in [2.45, 2.75) is 489 Å². The van der Waals surface area contributed by atoms with E-state index in [-0.39, 0.29) is 19.3 Å². The maximum Gasteiger partial charge on any atom is 0.472 e. The van der Waals surface area contributed by atoms with Gasteiger partial charge in [-0.1, -0.05) is 473 Å². The number of ether oxygens (including phenoxy) is 3. The number of carbonyl (C=O) groups excluding carboxylic acids is 3. The molecule has 5 unspecified atom stereocenters. The molecule has 0 radical (unpaired) electrons. The molecular formula is C115H198O16P2. The van der Waals surface area contributed by atoms with E-state index in [4.69, 9.17) is 32.3 Å². The molecule has 0 spiro atoms. The van der Waals surface area contributed by atoms with Crippen LogP contribution in [0.4, 0.5) is 0 Å². The normalized spacial score (nSPS) is 14.3. The number of hydrogen-bond donors (Lipinski definition) is 4. The number of carbonyl (C=O) groups is 3. The van der Waals surface area contributed by atoms with E-state index in [1.807, 2.05) is 0 Å². The third-order valence-electron chi connectivity index (χ3n) is 23.1. The molecule has 0 aliphatic rings. The number of allylic oxidation sites excluding steroid dienone is 30. The van der Waals surface area contributed by atoms with E-state index in [1.54, 1.807) is 0 Å². The average molecular weight is 1900 g/mol. The van der Waals surface area contributed by atoms with Gasteiger partial charge in [0, 0.05) is 19.3 Å². The summed E-state index contributed by atoms with van der Waals surface area (Å²) < 4.78 is 61.8. The maximum absolute atomic E-state index is 13.2. The molecule has 0 rings (SSSR count). The predicted molar refractivity (Wildman–Crippen MR) is 565 cm³/mol. The highest BCUT2D eigenvalue weighted by molar-refractivity contribution is 7.47. The first kappa shape index (κ1) is 128. The van der Waals surface area contributed by atoms with Gasteiger partial charge in [0.2, 0.25) is 0 Å². The van der Waals surface area contributed by atoms with Crippen molar-refractivity contribution >= 4 is 33.6 Å². The standard InChI is InChI=1S/C115H198O16P2/c1-4-7-10-13-16-19-22-25-28-31-34-37-40-43-46-49-51-53-54-56-58-60-62-65-68-71-74-77-80-83-86-89-92-95-98-101-113(118)125-104-110(116)105-127-132(121,122)128-106-111(117)107-129-133(123,124)130-109-112(131-115(120)103-100-97-94-91-88-85-82-79-76-73-70-67-64-59-48-45-42-39-36-33-30-27-24-21-18-15-12-9-6-3)108-126-114(119)102-99-96-93-90-87-84-81-78-75-72-69-66-63-61-57-55-52-50-47-44-41-38-35-32-29-26-23-20-17-14-11-8-5-2/h7-8,10-11,16-21,25-30,34-39,43-48,51,53,110-112,116-117H,4-6,9,12-15,22-24,31-33,40-42,49-50,52,54-109H2,1-3H3,(H,121,122)(H,123,124)/b10-7-,11-8-,19-16-,20-17-,21-18-,28-25-,29-26-,30-27-,37-34-,38-35-,39-36-,46-43-,47-44-,48-45-,53-51-. The molecule has 0 saturated heterocycles. The van der Waals surface area contributed by atoms with Gasteiger partial charge in [0.25, 0.3) is 0 Å². The molecule has 0 saturated carbocycles. The molecule has 0 aromatic rings. The predicted octanol–water partition coefficient (Wildman–Crippen LogP) is 34.7. The van der Waals surface area contributed by atoms with Gasteiger partial charge in [-0.15, -0.1) is 0 Å². The second-order valence-corrected chi connectivity index (χ2v) is 38.9. The molecule has 0 aliphatic heterocycles. The van der Waals surface area contributed by atoms with Crippen LogP contribution in [0.25, 0.3) is 0 Å². The highest BCUT2D eigenvalue weighted by Crippen LogP contribution is 2.45. The van der Waals surface area contributed by atoms with Gasteiger partial charge in [0.1, 0.15) is 25.4 Å². The molecule has 16 nitrogen and oxygen atoms in total. The Morgan fingerprint density at radius 2 is 0.398 bits per heavy atom.